The number of carbonyl (C=O) groups excluding carboxylic acids is 2. The highest BCUT2D eigenvalue weighted by atomic mass is 32.1. The number of nitrogens with one attached hydrogen (secondary N) is 3. The molecule has 8 heteroatoms. The lowest BCUT2D eigenvalue weighted by Gasteiger charge is -2.18. The predicted octanol–water partition coefficient (Wildman–Crippen LogP) is 5.26. The van der Waals surface area contributed by atoms with E-state index in [-0.39, 0.29) is 16.9 Å². The van der Waals surface area contributed by atoms with Gasteiger partial charge in [0, 0.05) is 22.4 Å². The summed E-state index contributed by atoms with van der Waals surface area (Å²) in [6, 6.07) is 23.4. The number of rotatable bonds is 8. The van der Waals surface area contributed by atoms with Gasteiger partial charge < -0.3 is 20.1 Å². The van der Waals surface area contributed by atoms with Crippen LogP contribution in [0.3, 0.4) is 0 Å². The molecule has 0 radical (unpaired) electrons. The van der Waals surface area contributed by atoms with Gasteiger partial charge in [0.05, 0.1) is 0 Å². The first-order valence-electron chi connectivity index (χ1n) is 11.2. The fourth-order valence-corrected chi connectivity index (χ4v) is 3.10. The number of hydrogen-bond acceptors (Lipinski definition) is 5. The van der Waals surface area contributed by atoms with Crippen molar-refractivity contribution < 1.29 is 19.1 Å². The molecule has 182 valence electrons. The molecule has 0 heterocycles. The second-order valence-corrected chi connectivity index (χ2v) is 9.14. The van der Waals surface area contributed by atoms with Crippen LogP contribution in [0.4, 0.5) is 11.4 Å². The lowest BCUT2D eigenvalue weighted by molar-refractivity contribution is -0.123. The number of benzene rings is 3. The predicted molar refractivity (Wildman–Crippen MR) is 142 cm³/mol. The van der Waals surface area contributed by atoms with Gasteiger partial charge in [0.25, 0.3) is 5.91 Å². The normalized spacial score (nSPS) is 10.7. The Morgan fingerprint density at radius 1 is 0.771 bits per heavy atom. The summed E-state index contributed by atoms with van der Waals surface area (Å²) in [7, 11) is 0. The number of hydrogen-bond donors (Lipinski definition) is 3. The lowest BCUT2D eigenvalue weighted by atomic mass is 9.95. The summed E-state index contributed by atoms with van der Waals surface area (Å²) in [5, 5.41) is 8.63. The van der Waals surface area contributed by atoms with E-state index >= 15 is 0 Å². The van der Waals surface area contributed by atoms with Crippen LogP contribution in [0.25, 0.3) is 0 Å². The summed E-state index contributed by atoms with van der Waals surface area (Å²) >= 11 is 5.29. The molecule has 3 N–H and O–H groups in total. The summed E-state index contributed by atoms with van der Waals surface area (Å²) in [5.74, 6) is 0.854. The van der Waals surface area contributed by atoms with Crippen molar-refractivity contribution in [3.05, 3.63) is 84.4 Å². The van der Waals surface area contributed by atoms with E-state index in [2.05, 4.69) is 16.0 Å². The van der Waals surface area contributed by atoms with Crippen LogP contribution in [0.1, 0.15) is 31.1 Å². The first kappa shape index (κ1) is 25.7. The van der Waals surface area contributed by atoms with Crippen molar-refractivity contribution in [1.29, 1.82) is 0 Å². The molecule has 3 rings (SSSR count). The maximum atomic E-state index is 12.7. The zero-order chi connectivity index (χ0) is 25.3. The van der Waals surface area contributed by atoms with Gasteiger partial charge in [-0.1, -0.05) is 51.1 Å². The molecular weight excluding hydrogens is 462 g/mol. The van der Waals surface area contributed by atoms with Gasteiger partial charge in [-0.25, -0.2) is 0 Å². The minimum absolute atomic E-state index is 0.0979. The number of ether oxygens (including phenoxy) is 2. The van der Waals surface area contributed by atoms with E-state index in [9.17, 15) is 9.59 Å². The second-order valence-electron chi connectivity index (χ2n) is 8.73. The molecule has 0 spiro atoms. The van der Waals surface area contributed by atoms with E-state index in [4.69, 9.17) is 21.7 Å². The van der Waals surface area contributed by atoms with Crippen molar-refractivity contribution in [2.75, 3.05) is 23.8 Å². The molecule has 3 aromatic carbocycles. The number of anilines is 2. The third-order valence-corrected chi connectivity index (χ3v) is 4.95. The molecule has 0 aliphatic rings. The van der Waals surface area contributed by atoms with Crippen LogP contribution in [0.2, 0.25) is 0 Å². The van der Waals surface area contributed by atoms with Gasteiger partial charge in [0.15, 0.2) is 5.11 Å². The van der Waals surface area contributed by atoms with Gasteiger partial charge in [-0.05, 0) is 60.7 Å². The first-order chi connectivity index (χ1) is 16.7. The molecule has 0 aromatic heterocycles. The summed E-state index contributed by atoms with van der Waals surface area (Å²) < 4.78 is 11.3. The Kier molecular flexibility index (Phi) is 8.80. The Labute approximate surface area is 210 Å². The van der Waals surface area contributed by atoms with Crippen LogP contribution in [0.15, 0.2) is 78.9 Å². The van der Waals surface area contributed by atoms with Crippen LogP contribution in [-0.4, -0.2) is 30.1 Å². The van der Waals surface area contributed by atoms with Crippen molar-refractivity contribution in [1.82, 2.24) is 5.32 Å². The molecule has 0 saturated carbocycles. The van der Waals surface area contributed by atoms with Crippen LogP contribution in [-0.2, 0) is 4.79 Å². The van der Waals surface area contributed by atoms with Crippen LogP contribution < -0.4 is 25.4 Å². The molecule has 2 amide bonds. The fraction of sp³-hybridized carbons (Fsp3) is 0.222. The molecule has 0 aliphatic carbocycles. The van der Waals surface area contributed by atoms with Crippen molar-refractivity contribution in [3.8, 4) is 11.5 Å². The van der Waals surface area contributed by atoms with E-state index < -0.39 is 5.41 Å². The van der Waals surface area contributed by atoms with Gasteiger partial charge >= 0.3 is 0 Å². The van der Waals surface area contributed by atoms with E-state index in [1.165, 1.54) is 0 Å². The van der Waals surface area contributed by atoms with Crippen LogP contribution in [0.5, 0.6) is 11.5 Å². The molecule has 0 atom stereocenters. The highest BCUT2D eigenvalue weighted by Gasteiger charge is 2.21. The molecule has 7 nitrogen and oxygen atoms in total. The summed E-state index contributed by atoms with van der Waals surface area (Å²) in [4.78, 5) is 24.9. The highest BCUT2D eigenvalue weighted by molar-refractivity contribution is 7.80. The van der Waals surface area contributed by atoms with Gasteiger partial charge in [0.2, 0.25) is 5.91 Å². The quantitative estimate of drug-likeness (QED) is 0.294. The molecule has 0 bridgehead atoms. The Balaban J connectivity index is 1.50. The third-order valence-electron chi connectivity index (χ3n) is 4.75. The van der Waals surface area contributed by atoms with Gasteiger partial charge in [-0.3, -0.25) is 14.9 Å². The van der Waals surface area contributed by atoms with Crippen molar-refractivity contribution in [2.24, 2.45) is 5.41 Å². The van der Waals surface area contributed by atoms with Crippen molar-refractivity contribution in [2.45, 2.75) is 20.8 Å². The van der Waals surface area contributed by atoms with E-state index in [0.717, 1.165) is 5.75 Å². The first-order valence-corrected chi connectivity index (χ1v) is 11.6. The fourth-order valence-electron chi connectivity index (χ4n) is 2.89. The monoisotopic (exact) mass is 491 g/mol. The third kappa shape index (κ3) is 8.42. The van der Waals surface area contributed by atoms with E-state index in [1.807, 2.05) is 51.1 Å². The van der Waals surface area contributed by atoms with Crippen LogP contribution >= 0.6 is 12.2 Å². The van der Waals surface area contributed by atoms with Crippen LogP contribution in [0, 0.1) is 5.41 Å². The molecular formula is C27H29N3O4S. The van der Waals surface area contributed by atoms with Crippen molar-refractivity contribution in [3.63, 3.8) is 0 Å². The molecule has 0 saturated heterocycles. The smallest absolute Gasteiger partial charge is 0.257 e. The highest BCUT2D eigenvalue weighted by Crippen LogP contribution is 2.20. The minimum Gasteiger partial charge on any atom is -0.490 e. The van der Waals surface area contributed by atoms with Gasteiger partial charge in [-0.2, -0.15) is 0 Å². The zero-order valence-electron chi connectivity index (χ0n) is 20.0. The SMILES string of the molecule is CC(C)(C)C(=O)Nc1cccc(NC(=S)NC(=O)c2cccc(OCCOc3ccccc3)c2)c1. The number of carbonyl (C=O) groups is 2. The summed E-state index contributed by atoms with van der Waals surface area (Å²) in [6.07, 6.45) is 0. The zero-order valence-corrected chi connectivity index (χ0v) is 20.8. The second kappa shape index (κ2) is 12.0. The van der Waals surface area contributed by atoms with E-state index in [1.54, 1.807) is 48.5 Å². The average Bonchev–Trinajstić information content (AvgIpc) is 2.82. The summed E-state index contributed by atoms with van der Waals surface area (Å²) in [5.41, 5.74) is 1.16. The maximum Gasteiger partial charge on any atom is 0.257 e. The Hall–Kier alpha value is -3.91. The Morgan fingerprint density at radius 2 is 1.37 bits per heavy atom. The lowest BCUT2D eigenvalue weighted by Crippen LogP contribution is -2.34. The summed E-state index contributed by atoms with van der Waals surface area (Å²) in [6.45, 7) is 6.24. The largest absolute Gasteiger partial charge is 0.490 e. The van der Waals surface area contributed by atoms with E-state index in [0.29, 0.717) is 35.9 Å². The molecule has 0 unspecified atom stereocenters. The Morgan fingerprint density at radius 3 is 2.06 bits per heavy atom. The molecule has 3 aromatic rings. The standard InChI is InChI=1S/C27H29N3O4S/c1-27(2,3)25(32)28-20-10-8-11-21(18-20)29-26(35)30-24(31)19-9-7-14-23(17-19)34-16-15-33-22-12-5-4-6-13-22/h4-14,17-18H,15-16H2,1-3H3,(H,28,32)(H2,29,30,31,35). The maximum absolute atomic E-state index is 12.7. The average molecular weight is 492 g/mol. The number of amides is 2. The molecule has 0 aliphatic heterocycles. The topological polar surface area (TPSA) is 88.7 Å². The van der Waals surface area contributed by atoms with Gasteiger partial charge in [-0.15, -0.1) is 0 Å². The molecule has 35 heavy (non-hydrogen) atoms. The van der Waals surface area contributed by atoms with Gasteiger partial charge in [0.1, 0.15) is 24.7 Å². The number of thiocarbonyl (C=S) groups is 1. The van der Waals surface area contributed by atoms with Crippen molar-refractivity contribution >= 4 is 40.5 Å². The minimum atomic E-state index is -0.514. The Bertz CT molecular complexity index is 1180. The number of para-hydroxylation sites is 1. The molecule has 0 fully saturated rings.